The Balaban J connectivity index is 1.93. The number of nitrogens with one attached hydrogen (secondary N) is 3. The Kier molecular flexibility index (Phi) is 7.57. The summed E-state index contributed by atoms with van der Waals surface area (Å²) in [6.45, 7) is 5.52. The molecule has 2 rings (SSSR count). The first kappa shape index (κ1) is 19.9. The van der Waals surface area contributed by atoms with Gasteiger partial charge in [0.25, 0.3) is 5.91 Å². The van der Waals surface area contributed by atoms with Gasteiger partial charge in [-0.2, -0.15) is 0 Å². The zero-order chi connectivity index (χ0) is 18.9. The van der Waals surface area contributed by atoms with Gasteiger partial charge >= 0.3 is 0 Å². The fraction of sp³-hybridized carbons (Fsp3) is 0.526. The molecule has 7 nitrogen and oxygen atoms in total. The number of quaternary nitrogens is 2. The van der Waals surface area contributed by atoms with Crippen LogP contribution in [0.15, 0.2) is 12.1 Å². The van der Waals surface area contributed by atoms with Gasteiger partial charge in [-0.15, -0.1) is 6.42 Å². The normalized spacial score (nSPS) is 19.3. The second kappa shape index (κ2) is 9.90. The number of carbonyl (C=O) groups excluding carboxylic acids is 1. The molecule has 0 aromatic heterocycles. The minimum absolute atomic E-state index is 0.0166. The quantitative estimate of drug-likeness (QED) is 0.457. The number of amides is 1. The third kappa shape index (κ3) is 5.04. The third-order valence-corrected chi connectivity index (χ3v) is 4.69. The smallest absolute Gasteiger partial charge is 0.275 e. The number of methoxy groups -OCH3 is 3. The van der Waals surface area contributed by atoms with E-state index in [1.165, 1.54) is 9.80 Å². The second-order valence-corrected chi connectivity index (χ2v) is 6.33. The van der Waals surface area contributed by atoms with Gasteiger partial charge in [0.2, 0.25) is 5.75 Å². The number of piperazine rings is 1. The summed E-state index contributed by atoms with van der Waals surface area (Å²) in [5.74, 6) is 4.45. The number of rotatable bonds is 8. The van der Waals surface area contributed by atoms with E-state index in [9.17, 15) is 4.79 Å². The van der Waals surface area contributed by atoms with Gasteiger partial charge in [-0.05, 0) is 12.1 Å². The summed E-state index contributed by atoms with van der Waals surface area (Å²) < 4.78 is 16.4. The average molecular weight is 363 g/mol. The molecular weight excluding hydrogens is 334 g/mol. The fourth-order valence-electron chi connectivity index (χ4n) is 3.32. The highest BCUT2D eigenvalue weighted by Gasteiger charge is 2.26. The van der Waals surface area contributed by atoms with Crippen LogP contribution in [-0.4, -0.2) is 66.5 Å². The predicted octanol–water partition coefficient (Wildman–Crippen LogP) is -2.25. The van der Waals surface area contributed by atoms with E-state index in [2.05, 4.69) is 11.2 Å². The molecule has 0 bridgehead atoms. The molecule has 0 spiro atoms. The average Bonchev–Trinajstić information content (AvgIpc) is 2.67. The van der Waals surface area contributed by atoms with Crippen molar-refractivity contribution in [3.8, 4) is 29.6 Å². The Morgan fingerprint density at radius 1 is 1.08 bits per heavy atom. The summed E-state index contributed by atoms with van der Waals surface area (Å²) in [6, 6.07) is 3.94. The lowest BCUT2D eigenvalue weighted by Gasteiger charge is -2.29. The van der Waals surface area contributed by atoms with E-state index in [4.69, 9.17) is 20.6 Å². The van der Waals surface area contributed by atoms with E-state index >= 15 is 0 Å². The molecule has 1 aliphatic heterocycles. The van der Waals surface area contributed by atoms with Crippen molar-refractivity contribution in [2.75, 3.05) is 60.6 Å². The van der Waals surface area contributed by atoms with Crippen molar-refractivity contribution in [1.82, 2.24) is 5.32 Å². The van der Waals surface area contributed by atoms with Gasteiger partial charge in [0.1, 0.15) is 32.7 Å². The number of ether oxygens (including phenoxy) is 3. The van der Waals surface area contributed by atoms with E-state index < -0.39 is 0 Å². The Morgan fingerprint density at radius 2 is 1.73 bits per heavy atom. The van der Waals surface area contributed by atoms with E-state index in [0.717, 1.165) is 44.0 Å². The molecule has 26 heavy (non-hydrogen) atoms. The molecular formula is C19H29N3O4+2. The van der Waals surface area contributed by atoms with Crippen molar-refractivity contribution in [2.24, 2.45) is 0 Å². The molecule has 3 N–H and O–H groups in total. The molecule has 0 atom stereocenters. The molecule has 1 heterocycles. The molecule has 0 saturated carbocycles. The van der Waals surface area contributed by atoms with Crippen molar-refractivity contribution >= 4 is 5.91 Å². The van der Waals surface area contributed by atoms with E-state index in [-0.39, 0.29) is 5.91 Å². The fourth-order valence-corrected chi connectivity index (χ4v) is 3.32. The van der Waals surface area contributed by atoms with Gasteiger partial charge in [0, 0.05) is 0 Å². The molecule has 1 aromatic carbocycles. The van der Waals surface area contributed by atoms with E-state index in [1.54, 1.807) is 21.3 Å². The molecule has 1 amide bonds. The summed E-state index contributed by atoms with van der Waals surface area (Å²) in [6.07, 6.45) is 5.16. The molecule has 1 aromatic rings. The molecule has 142 valence electrons. The van der Waals surface area contributed by atoms with Crippen LogP contribution in [0.25, 0.3) is 0 Å². The Morgan fingerprint density at radius 3 is 2.31 bits per heavy atom. The molecule has 0 aliphatic carbocycles. The van der Waals surface area contributed by atoms with Crippen molar-refractivity contribution in [2.45, 2.75) is 6.54 Å². The molecule has 7 heteroatoms. The molecule has 0 unspecified atom stereocenters. The monoisotopic (exact) mass is 363 g/mol. The Labute approximate surface area is 155 Å². The third-order valence-electron chi connectivity index (χ3n) is 4.69. The summed E-state index contributed by atoms with van der Waals surface area (Å²) in [7, 11) is 4.88. The van der Waals surface area contributed by atoms with Crippen molar-refractivity contribution in [1.29, 1.82) is 0 Å². The van der Waals surface area contributed by atoms with Crippen LogP contribution in [0.5, 0.6) is 17.2 Å². The number of benzene rings is 1. The van der Waals surface area contributed by atoms with E-state index in [0.29, 0.717) is 24.6 Å². The van der Waals surface area contributed by atoms with Crippen LogP contribution in [0.2, 0.25) is 0 Å². The van der Waals surface area contributed by atoms with Crippen LogP contribution >= 0.6 is 0 Å². The van der Waals surface area contributed by atoms with Gasteiger partial charge in [-0.1, -0.05) is 5.92 Å². The van der Waals surface area contributed by atoms with Gasteiger partial charge in [0.15, 0.2) is 18.0 Å². The van der Waals surface area contributed by atoms with Gasteiger partial charge in [0.05, 0.1) is 33.4 Å². The largest absolute Gasteiger partial charge is 0.493 e. The summed E-state index contributed by atoms with van der Waals surface area (Å²) in [5, 5.41) is 2.72. The van der Waals surface area contributed by atoms with Crippen LogP contribution in [0, 0.1) is 12.3 Å². The summed E-state index contributed by atoms with van der Waals surface area (Å²) in [5.41, 5.74) is 1.09. The minimum Gasteiger partial charge on any atom is -0.493 e. The Bertz CT molecular complexity index is 649. The van der Waals surface area contributed by atoms with Gasteiger partial charge in [-0.25, -0.2) is 0 Å². The predicted molar refractivity (Wildman–Crippen MR) is 97.9 cm³/mol. The summed E-state index contributed by atoms with van der Waals surface area (Å²) in [4.78, 5) is 14.5. The van der Waals surface area contributed by atoms with Crippen LogP contribution in [0.4, 0.5) is 0 Å². The molecule has 1 fully saturated rings. The van der Waals surface area contributed by atoms with Crippen LogP contribution in [0.3, 0.4) is 0 Å². The Hall–Kier alpha value is -2.43. The zero-order valence-corrected chi connectivity index (χ0v) is 15.8. The van der Waals surface area contributed by atoms with Gasteiger partial charge in [-0.3, -0.25) is 4.79 Å². The maximum atomic E-state index is 11.8. The highest BCUT2D eigenvalue weighted by Crippen LogP contribution is 2.39. The summed E-state index contributed by atoms with van der Waals surface area (Å²) >= 11 is 0. The highest BCUT2D eigenvalue weighted by atomic mass is 16.5. The molecule has 1 aliphatic rings. The first-order chi connectivity index (χ1) is 12.6. The highest BCUT2D eigenvalue weighted by molar-refractivity contribution is 5.77. The number of carbonyl (C=O) groups is 1. The molecule has 0 radical (unpaired) electrons. The number of hydrogen-bond donors (Lipinski definition) is 3. The standard InChI is InChI=1S/C19H27N3O4/c1-5-8-20-17(23)14-22-11-9-21(10-12-22)13-15-6-7-16(24-2)19(26-4)18(15)25-3/h1,6-7H,8-14H2,2-4H3,(H,20,23)/p+2. The zero-order valence-electron chi connectivity index (χ0n) is 15.8. The first-order valence-electron chi connectivity index (χ1n) is 8.78. The first-order valence-corrected chi connectivity index (χ1v) is 8.78. The lowest BCUT2D eigenvalue weighted by molar-refractivity contribution is -1.02. The lowest BCUT2D eigenvalue weighted by atomic mass is 10.1. The molecule has 1 saturated heterocycles. The van der Waals surface area contributed by atoms with E-state index in [1.807, 2.05) is 12.1 Å². The number of terminal acetylenes is 1. The van der Waals surface area contributed by atoms with Crippen LogP contribution in [0.1, 0.15) is 5.56 Å². The second-order valence-electron chi connectivity index (χ2n) is 6.33. The van der Waals surface area contributed by atoms with Crippen LogP contribution < -0.4 is 29.3 Å². The van der Waals surface area contributed by atoms with Crippen molar-refractivity contribution in [3.63, 3.8) is 0 Å². The number of hydrogen-bond acceptors (Lipinski definition) is 4. The maximum absolute atomic E-state index is 11.8. The maximum Gasteiger partial charge on any atom is 0.275 e. The lowest BCUT2D eigenvalue weighted by Crippen LogP contribution is -3.28. The van der Waals surface area contributed by atoms with Crippen LogP contribution in [-0.2, 0) is 11.3 Å². The SMILES string of the molecule is C#CCNC(=O)C[NH+]1CC[NH+](Cc2ccc(OC)c(OC)c2OC)CC1. The van der Waals surface area contributed by atoms with Crippen molar-refractivity contribution < 1.29 is 28.8 Å². The topological polar surface area (TPSA) is 65.7 Å². The van der Waals surface area contributed by atoms with Gasteiger partial charge < -0.3 is 29.3 Å². The minimum atomic E-state index is 0.0166. The van der Waals surface area contributed by atoms with Crippen molar-refractivity contribution in [3.05, 3.63) is 17.7 Å².